The molecule has 0 aliphatic carbocycles. The molecule has 0 unspecified atom stereocenters. The van der Waals surface area contributed by atoms with Crippen molar-refractivity contribution in [1.29, 1.82) is 0 Å². The van der Waals surface area contributed by atoms with Gasteiger partial charge in [-0.05, 0) is 56.4 Å². The van der Waals surface area contributed by atoms with Gasteiger partial charge in [-0.15, -0.1) is 0 Å². The fraction of sp³-hybridized carbons (Fsp3) is 0.417. The van der Waals surface area contributed by atoms with Crippen LogP contribution in [0.3, 0.4) is 0 Å². The van der Waals surface area contributed by atoms with Crippen LogP contribution in [-0.2, 0) is 26.0 Å². The van der Waals surface area contributed by atoms with Crippen LogP contribution < -0.4 is 5.32 Å². The van der Waals surface area contributed by atoms with E-state index in [0.29, 0.717) is 43.5 Å². The van der Waals surface area contributed by atoms with Gasteiger partial charge >= 0.3 is 5.97 Å². The lowest BCUT2D eigenvalue weighted by atomic mass is 9.98. The van der Waals surface area contributed by atoms with Gasteiger partial charge < -0.3 is 10.1 Å². The van der Waals surface area contributed by atoms with E-state index in [0.717, 1.165) is 5.56 Å². The van der Waals surface area contributed by atoms with Gasteiger partial charge in [0.15, 0.2) is 0 Å². The fourth-order valence-electron chi connectivity index (χ4n) is 3.83. The molecule has 178 valence electrons. The number of anilines is 1. The van der Waals surface area contributed by atoms with Crippen LogP contribution in [0.1, 0.15) is 42.1 Å². The summed E-state index contributed by atoms with van der Waals surface area (Å²) in [5.74, 6) is -1.19. The highest BCUT2D eigenvalue weighted by molar-refractivity contribution is 7.89. The van der Waals surface area contributed by atoms with E-state index in [1.54, 1.807) is 13.0 Å². The summed E-state index contributed by atoms with van der Waals surface area (Å²) < 4.78 is 32.1. The van der Waals surface area contributed by atoms with Crippen molar-refractivity contribution in [3.8, 4) is 0 Å². The minimum absolute atomic E-state index is 0.0530. The highest BCUT2D eigenvalue weighted by atomic mass is 35.5. The smallest absolute Gasteiger partial charge is 0.338 e. The molecular formula is C24H29ClN2O5S. The van der Waals surface area contributed by atoms with E-state index >= 15 is 0 Å². The molecule has 1 atom stereocenters. The fourth-order valence-corrected chi connectivity index (χ4v) is 5.64. The maximum Gasteiger partial charge on any atom is 0.338 e. The number of nitrogens with zero attached hydrogens (tertiary/aromatic N) is 1. The predicted octanol–water partition coefficient (Wildman–Crippen LogP) is 4.13. The monoisotopic (exact) mass is 492 g/mol. The Kier molecular flexibility index (Phi) is 8.88. The zero-order valence-electron chi connectivity index (χ0n) is 18.6. The summed E-state index contributed by atoms with van der Waals surface area (Å²) >= 11 is 6.24. The second kappa shape index (κ2) is 11.6. The number of rotatable bonds is 9. The molecule has 0 bridgehead atoms. The maximum absolute atomic E-state index is 12.8. The Hall–Kier alpha value is -2.42. The van der Waals surface area contributed by atoms with Crippen molar-refractivity contribution >= 4 is 39.2 Å². The van der Waals surface area contributed by atoms with E-state index in [-0.39, 0.29) is 29.8 Å². The Morgan fingerprint density at radius 2 is 1.94 bits per heavy atom. The molecule has 1 fully saturated rings. The number of carbonyl (C=O) groups is 2. The number of sulfonamides is 1. The number of amides is 1. The quantitative estimate of drug-likeness (QED) is 0.531. The first-order valence-electron chi connectivity index (χ1n) is 11.1. The van der Waals surface area contributed by atoms with E-state index in [2.05, 4.69) is 5.32 Å². The van der Waals surface area contributed by atoms with Crippen LogP contribution in [0.2, 0.25) is 5.02 Å². The molecule has 1 amide bonds. The lowest BCUT2D eigenvalue weighted by molar-refractivity contribution is -0.120. The van der Waals surface area contributed by atoms with Crippen LogP contribution in [0.15, 0.2) is 48.5 Å². The summed E-state index contributed by atoms with van der Waals surface area (Å²) in [4.78, 5) is 24.7. The normalized spacial score (nSPS) is 16.8. The molecule has 7 nitrogen and oxygen atoms in total. The van der Waals surface area contributed by atoms with Crippen molar-refractivity contribution in [2.24, 2.45) is 5.92 Å². The molecule has 1 N–H and O–H groups in total. The summed E-state index contributed by atoms with van der Waals surface area (Å²) in [6.07, 6.45) is 2.44. The molecule has 0 spiro atoms. The van der Waals surface area contributed by atoms with Crippen molar-refractivity contribution in [3.63, 3.8) is 0 Å². The van der Waals surface area contributed by atoms with Gasteiger partial charge in [0.05, 0.1) is 34.6 Å². The van der Waals surface area contributed by atoms with E-state index in [9.17, 15) is 18.0 Å². The largest absolute Gasteiger partial charge is 0.462 e. The molecule has 1 heterocycles. The van der Waals surface area contributed by atoms with Gasteiger partial charge in [-0.2, -0.15) is 0 Å². The molecule has 1 saturated heterocycles. The van der Waals surface area contributed by atoms with Gasteiger partial charge in [-0.25, -0.2) is 17.5 Å². The van der Waals surface area contributed by atoms with Gasteiger partial charge in [0.1, 0.15) is 0 Å². The number of carbonyl (C=O) groups excluding carboxylic acids is 2. The molecule has 0 aromatic heterocycles. The molecule has 0 radical (unpaired) electrons. The number of ether oxygens (including phenoxy) is 1. The van der Waals surface area contributed by atoms with Crippen LogP contribution in [0.5, 0.6) is 0 Å². The first kappa shape index (κ1) is 25.2. The number of piperidine rings is 1. The zero-order valence-corrected chi connectivity index (χ0v) is 20.2. The Morgan fingerprint density at radius 1 is 1.18 bits per heavy atom. The number of esters is 1. The molecule has 1 aliphatic rings. The summed E-state index contributed by atoms with van der Waals surface area (Å²) in [6.45, 7) is 2.54. The average Bonchev–Trinajstić information content (AvgIpc) is 2.81. The number of halogens is 1. The third-order valence-corrected chi connectivity index (χ3v) is 7.83. The standard InChI is InChI=1S/C24H29ClN2O5S/c1-2-32-24(29)19-12-13-22(21(25)16-19)26-23(28)20-11-6-14-27(17-20)33(30,31)15-7-10-18-8-4-3-5-9-18/h3-5,8-9,12-13,16,20H,2,6-7,10-11,14-15,17H2,1H3,(H,26,28)/t20-/m1/s1. The van der Waals surface area contributed by atoms with Crippen molar-refractivity contribution in [2.45, 2.75) is 32.6 Å². The minimum Gasteiger partial charge on any atom is -0.462 e. The van der Waals surface area contributed by atoms with Gasteiger partial charge in [-0.3, -0.25) is 4.79 Å². The lowest BCUT2D eigenvalue weighted by Gasteiger charge is -2.31. The van der Waals surface area contributed by atoms with Crippen LogP contribution in [-0.4, -0.2) is 50.0 Å². The second-order valence-corrected chi connectivity index (χ2v) is 10.5. The molecule has 1 aliphatic heterocycles. The van der Waals surface area contributed by atoms with E-state index in [1.165, 1.54) is 16.4 Å². The van der Waals surface area contributed by atoms with E-state index in [1.807, 2.05) is 30.3 Å². The third kappa shape index (κ3) is 7.03. The van der Waals surface area contributed by atoms with E-state index < -0.39 is 21.9 Å². The Bertz CT molecular complexity index is 1080. The molecule has 2 aromatic rings. The molecule has 3 rings (SSSR count). The van der Waals surface area contributed by atoms with Gasteiger partial charge in [0, 0.05) is 13.1 Å². The Labute approximate surface area is 200 Å². The molecule has 9 heteroatoms. The summed E-state index contributed by atoms with van der Waals surface area (Å²) in [7, 11) is -3.45. The van der Waals surface area contributed by atoms with Gasteiger partial charge in [0.25, 0.3) is 0 Å². The maximum atomic E-state index is 12.8. The zero-order chi connectivity index (χ0) is 23.8. The highest BCUT2D eigenvalue weighted by Crippen LogP contribution is 2.26. The van der Waals surface area contributed by atoms with Crippen LogP contribution in [0, 0.1) is 5.92 Å². The lowest BCUT2D eigenvalue weighted by Crippen LogP contribution is -2.44. The highest BCUT2D eigenvalue weighted by Gasteiger charge is 2.32. The number of hydrogen-bond donors (Lipinski definition) is 1. The number of hydrogen-bond acceptors (Lipinski definition) is 5. The third-order valence-electron chi connectivity index (χ3n) is 5.60. The summed E-state index contributed by atoms with van der Waals surface area (Å²) in [5.41, 5.74) is 1.78. The van der Waals surface area contributed by atoms with Gasteiger partial charge in [-0.1, -0.05) is 41.9 Å². The first-order valence-corrected chi connectivity index (χ1v) is 13.1. The molecule has 2 aromatic carbocycles. The average molecular weight is 493 g/mol. The summed E-state index contributed by atoms with van der Waals surface area (Å²) in [6, 6.07) is 14.3. The van der Waals surface area contributed by atoms with Crippen LogP contribution >= 0.6 is 11.6 Å². The molecule has 33 heavy (non-hydrogen) atoms. The first-order chi connectivity index (χ1) is 15.8. The van der Waals surface area contributed by atoms with Crippen LogP contribution in [0.4, 0.5) is 5.69 Å². The SMILES string of the molecule is CCOC(=O)c1ccc(NC(=O)[C@@H]2CCCN(S(=O)(=O)CCCc3ccccc3)C2)c(Cl)c1. The minimum atomic E-state index is -3.45. The number of benzene rings is 2. The van der Waals surface area contributed by atoms with Crippen molar-refractivity contribution < 1.29 is 22.7 Å². The number of aryl methyl sites for hydroxylation is 1. The van der Waals surface area contributed by atoms with E-state index in [4.69, 9.17) is 16.3 Å². The van der Waals surface area contributed by atoms with Gasteiger partial charge in [0.2, 0.25) is 15.9 Å². The number of nitrogens with one attached hydrogen (secondary N) is 1. The second-order valence-electron chi connectivity index (χ2n) is 8.01. The topological polar surface area (TPSA) is 92.8 Å². The predicted molar refractivity (Wildman–Crippen MR) is 129 cm³/mol. The molecule has 0 saturated carbocycles. The Morgan fingerprint density at radius 3 is 2.64 bits per heavy atom. The van der Waals surface area contributed by atoms with Crippen molar-refractivity contribution in [2.75, 3.05) is 30.8 Å². The Balaban J connectivity index is 1.57. The summed E-state index contributed by atoms with van der Waals surface area (Å²) in [5, 5.41) is 2.99. The molecular weight excluding hydrogens is 464 g/mol. The van der Waals surface area contributed by atoms with Crippen molar-refractivity contribution in [3.05, 3.63) is 64.7 Å². The van der Waals surface area contributed by atoms with Crippen molar-refractivity contribution in [1.82, 2.24) is 4.31 Å². The van der Waals surface area contributed by atoms with Crippen LogP contribution in [0.25, 0.3) is 0 Å².